The lowest BCUT2D eigenvalue weighted by Gasteiger charge is -2.09. The summed E-state index contributed by atoms with van der Waals surface area (Å²) in [5, 5.41) is 11.0. The van der Waals surface area contributed by atoms with E-state index in [4.69, 9.17) is 12.2 Å². The first kappa shape index (κ1) is 16.1. The number of aryl methyl sites for hydroxylation is 1. The Morgan fingerprint density at radius 2 is 1.96 bits per heavy atom. The topological polar surface area (TPSA) is 41.9 Å². The number of hydrogen-bond donors (Lipinski definition) is 2. The molecule has 0 radical (unpaired) electrons. The number of nitrogens with zero attached hydrogens (tertiary/aromatic N) is 2. The highest BCUT2D eigenvalue weighted by molar-refractivity contribution is 7.80. The van der Waals surface area contributed by atoms with Gasteiger partial charge in [-0.25, -0.2) is 4.39 Å². The standard InChI is InChI=1S/C18H17FN4S/c1-13-4-2-7-16(10-13)20-18(24)21-17-8-9-23(22-17)12-14-5-3-6-15(19)11-14/h2-11H,12H2,1H3,(H2,20,21,22,24). The van der Waals surface area contributed by atoms with Gasteiger partial charge in [-0.1, -0.05) is 24.3 Å². The van der Waals surface area contributed by atoms with Crippen molar-refractivity contribution in [2.75, 3.05) is 10.6 Å². The maximum absolute atomic E-state index is 13.2. The minimum Gasteiger partial charge on any atom is -0.332 e. The molecule has 3 rings (SSSR count). The van der Waals surface area contributed by atoms with Crippen molar-refractivity contribution in [3.63, 3.8) is 0 Å². The van der Waals surface area contributed by atoms with E-state index < -0.39 is 0 Å². The lowest BCUT2D eigenvalue weighted by atomic mass is 10.2. The second kappa shape index (κ2) is 7.23. The van der Waals surface area contributed by atoms with Crippen molar-refractivity contribution in [2.45, 2.75) is 13.5 Å². The molecular formula is C18H17FN4S. The number of halogens is 1. The minimum absolute atomic E-state index is 0.249. The van der Waals surface area contributed by atoms with Crippen molar-refractivity contribution < 1.29 is 4.39 Å². The normalized spacial score (nSPS) is 10.4. The summed E-state index contributed by atoms with van der Waals surface area (Å²) in [6, 6.07) is 16.2. The van der Waals surface area contributed by atoms with Gasteiger partial charge in [0.05, 0.1) is 6.54 Å². The lowest BCUT2D eigenvalue weighted by Crippen LogP contribution is -2.19. The Balaban J connectivity index is 1.60. The van der Waals surface area contributed by atoms with Crippen molar-refractivity contribution in [1.82, 2.24) is 9.78 Å². The van der Waals surface area contributed by atoms with Crippen molar-refractivity contribution in [1.29, 1.82) is 0 Å². The second-order valence-corrected chi connectivity index (χ2v) is 5.89. The van der Waals surface area contributed by atoms with Crippen molar-refractivity contribution >= 4 is 28.8 Å². The fourth-order valence-corrected chi connectivity index (χ4v) is 2.56. The van der Waals surface area contributed by atoms with E-state index in [1.54, 1.807) is 10.7 Å². The van der Waals surface area contributed by atoms with Crippen LogP contribution >= 0.6 is 12.2 Å². The first-order valence-electron chi connectivity index (χ1n) is 7.51. The van der Waals surface area contributed by atoms with Crippen LogP contribution in [0.15, 0.2) is 60.8 Å². The zero-order chi connectivity index (χ0) is 16.9. The van der Waals surface area contributed by atoms with E-state index >= 15 is 0 Å². The maximum Gasteiger partial charge on any atom is 0.176 e. The van der Waals surface area contributed by atoms with E-state index in [-0.39, 0.29) is 5.82 Å². The molecule has 2 aromatic carbocycles. The van der Waals surface area contributed by atoms with Crippen LogP contribution in [-0.2, 0) is 6.54 Å². The molecule has 0 saturated heterocycles. The van der Waals surface area contributed by atoms with Gasteiger partial charge in [-0.2, -0.15) is 5.10 Å². The van der Waals surface area contributed by atoms with E-state index in [1.807, 2.05) is 49.5 Å². The average molecular weight is 340 g/mol. The molecule has 0 aliphatic rings. The summed E-state index contributed by atoms with van der Waals surface area (Å²) in [5.41, 5.74) is 2.93. The molecule has 0 unspecified atom stereocenters. The molecule has 0 aliphatic heterocycles. The number of thiocarbonyl (C=S) groups is 1. The van der Waals surface area contributed by atoms with Gasteiger partial charge in [-0.15, -0.1) is 0 Å². The number of aromatic nitrogens is 2. The Hall–Kier alpha value is -2.73. The molecule has 4 nitrogen and oxygen atoms in total. The third kappa shape index (κ3) is 4.39. The highest BCUT2D eigenvalue weighted by atomic mass is 32.1. The summed E-state index contributed by atoms with van der Waals surface area (Å²) in [5.74, 6) is 0.387. The molecule has 2 N–H and O–H groups in total. The average Bonchev–Trinajstić information content (AvgIpc) is 2.94. The van der Waals surface area contributed by atoms with Gasteiger partial charge in [0.15, 0.2) is 10.9 Å². The van der Waals surface area contributed by atoms with Crippen LogP contribution in [0.2, 0.25) is 0 Å². The van der Waals surface area contributed by atoms with Crippen LogP contribution in [0.1, 0.15) is 11.1 Å². The van der Waals surface area contributed by atoms with Crippen LogP contribution in [-0.4, -0.2) is 14.9 Å². The predicted octanol–water partition coefficient (Wildman–Crippen LogP) is 4.19. The third-order valence-electron chi connectivity index (χ3n) is 3.39. The number of nitrogens with one attached hydrogen (secondary N) is 2. The fourth-order valence-electron chi connectivity index (χ4n) is 2.34. The minimum atomic E-state index is -0.249. The molecule has 0 fully saturated rings. The summed E-state index contributed by atoms with van der Waals surface area (Å²) < 4.78 is 14.9. The molecule has 3 aromatic rings. The number of rotatable bonds is 4. The summed E-state index contributed by atoms with van der Waals surface area (Å²) >= 11 is 5.30. The highest BCUT2D eigenvalue weighted by Crippen LogP contribution is 2.11. The molecule has 0 saturated carbocycles. The molecule has 1 aromatic heterocycles. The Labute approximate surface area is 145 Å². The highest BCUT2D eigenvalue weighted by Gasteiger charge is 2.04. The van der Waals surface area contributed by atoms with E-state index in [9.17, 15) is 4.39 Å². The van der Waals surface area contributed by atoms with Gasteiger partial charge in [0, 0.05) is 18.0 Å². The smallest absolute Gasteiger partial charge is 0.176 e. The number of hydrogen-bond acceptors (Lipinski definition) is 2. The molecule has 24 heavy (non-hydrogen) atoms. The van der Waals surface area contributed by atoms with E-state index in [0.29, 0.717) is 17.5 Å². The first-order chi connectivity index (χ1) is 11.6. The molecule has 0 bridgehead atoms. The summed E-state index contributed by atoms with van der Waals surface area (Å²) in [7, 11) is 0. The fraction of sp³-hybridized carbons (Fsp3) is 0.111. The van der Waals surface area contributed by atoms with Crippen LogP contribution < -0.4 is 10.6 Å². The van der Waals surface area contributed by atoms with Crippen LogP contribution in [0.3, 0.4) is 0 Å². The van der Waals surface area contributed by atoms with Crippen LogP contribution in [0.25, 0.3) is 0 Å². The molecule has 1 heterocycles. The first-order valence-corrected chi connectivity index (χ1v) is 7.92. The summed E-state index contributed by atoms with van der Waals surface area (Å²) in [6.07, 6.45) is 1.82. The van der Waals surface area contributed by atoms with Crippen LogP contribution in [0, 0.1) is 12.7 Å². The van der Waals surface area contributed by atoms with Crippen molar-refractivity contribution in [3.05, 3.63) is 77.7 Å². The molecule has 122 valence electrons. The van der Waals surface area contributed by atoms with Crippen molar-refractivity contribution in [2.24, 2.45) is 0 Å². The monoisotopic (exact) mass is 340 g/mol. The Morgan fingerprint density at radius 3 is 2.75 bits per heavy atom. The second-order valence-electron chi connectivity index (χ2n) is 5.48. The van der Waals surface area contributed by atoms with Gasteiger partial charge < -0.3 is 10.6 Å². The van der Waals surface area contributed by atoms with E-state index in [1.165, 1.54) is 12.1 Å². The van der Waals surface area contributed by atoms with Gasteiger partial charge in [0.2, 0.25) is 0 Å². The van der Waals surface area contributed by atoms with Gasteiger partial charge >= 0.3 is 0 Å². The number of anilines is 2. The maximum atomic E-state index is 13.2. The third-order valence-corrected chi connectivity index (χ3v) is 3.60. The SMILES string of the molecule is Cc1cccc(NC(=S)Nc2ccn(Cc3cccc(F)c3)n2)c1. The zero-order valence-corrected chi connectivity index (χ0v) is 14.0. The molecular weight excluding hydrogens is 323 g/mol. The van der Waals surface area contributed by atoms with Crippen molar-refractivity contribution in [3.8, 4) is 0 Å². The van der Waals surface area contributed by atoms with Gasteiger partial charge in [0.25, 0.3) is 0 Å². The summed E-state index contributed by atoms with van der Waals surface area (Å²) in [6.45, 7) is 2.52. The molecule has 0 atom stereocenters. The Morgan fingerprint density at radius 1 is 1.12 bits per heavy atom. The van der Waals surface area contributed by atoms with Gasteiger partial charge in [-0.3, -0.25) is 4.68 Å². The largest absolute Gasteiger partial charge is 0.332 e. The predicted molar refractivity (Wildman–Crippen MR) is 98.8 cm³/mol. The molecule has 0 amide bonds. The zero-order valence-electron chi connectivity index (χ0n) is 13.2. The van der Waals surface area contributed by atoms with E-state index in [0.717, 1.165) is 16.8 Å². The Bertz CT molecular complexity index is 859. The number of benzene rings is 2. The van der Waals surface area contributed by atoms with E-state index in [2.05, 4.69) is 15.7 Å². The molecule has 0 aliphatic carbocycles. The van der Waals surface area contributed by atoms with Crippen LogP contribution in [0.5, 0.6) is 0 Å². The van der Waals surface area contributed by atoms with Gasteiger partial charge in [0.1, 0.15) is 5.82 Å². The molecule has 0 spiro atoms. The quantitative estimate of drug-likeness (QED) is 0.699. The van der Waals surface area contributed by atoms with Crippen LogP contribution in [0.4, 0.5) is 15.9 Å². The molecule has 6 heteroatoms. The summed E-state index contributed by atoms with van der Waals surface area (Å²) in [4.78, 5) is 0. The lowest BCUT2D eigenvalue weighted by molar-refractivity contribution is 0.619. The van der Waals surface area contributed by atoms with Gasteiger partial charge in [-0.05, 0) is 54.5 Å². The Kier molecular flexibility index (Phi) is 4.86.